The summed E-state index contributed by atoms with van der Waals surface area (Å²) >= 11 is 6.53. The van der Waals surface area contributed by atoms with Crippen molar-refractivity contribution in [3.63, 3.8) is 0 Å². The predicted octanol–water partition coefficient (Wildman–Crippen LogP) is 6.20. The molecule has 3 heteroatoms. The van der Waals surface area contributed by atoms with Gasteiger partial charge in [0.25, 0.3) is 0 Å². The van der Waals surface area contributed by atoms with Gasteiger partial charge < -0.3 is 10.1 Å². The summed E-state index contributed by atoms with van der Waals surface area (Å²) in [7, 11) is 0. The summed E-state index contributed by atoms with van der Waals surface area (Å²) in [6.45, 7) is 5.06. The van der Waals surface area contributed by atoms with Crippen LogP contribution in [0.3, 0.4) is 0 Å². The number of anilines is 1. The highest BCUT2D eigenvalue weighted by molar-refractivity contribution is 6.31. The number of fused-ring (bicyclic) bond motifs is 3. The molecule has 0 aromatic heterocycles. The van der Waals surface area contributed by atoms with Crippen molar-refractivity contribution < 1.29 is 4.74 Å². The zero-order valence-electron chi connectivity index (χ0n) is 14.7. The number of rotatable bonds is 4. The summed E-state index contributed by atoms with van der Waals surface area (Å²) in [5, 5.41) is 4.60. The second-order valence-corrected chi connectivity index (χ2v) is 7.83. The quantitative estimate of drug-likeness (QED) is 0.660. The van der Waals surface area contributed by atoms with Crippen molar-refractivity contribution in [2.45, 2.75) is 32.2 Å². The molecular weight excluding hydrogens is 330 g/mol. The predicted molar refractivity (Wildman–Crippen MR) is 105 cm³/mol. The van der Waals surface area contributed by atoms with E-state index in [1.807, 2.05) is 12.1 Å². The molecule has 25 heavy (non-hydrogen) atoms. The van der Waals surface area contributed by atoms with Crippen LogP contribution < -0.4 is 10.1 Å². The average molecular weight is 354 g/mol. The van der Waals surface area contributed by atoms with Gasteiger partial charge in [-0.2, -0.15) is 0 Å². The standard InChI is InChI=1S/C22H24ClNO/c1-14(2)13-25-20-12-6-10-17-15-8-5-9-16(15)21(24-22(17)20)18-7-3-4-11-19(18)23/h3-8,10-12,14-16,21,24H,9,13H2,1-2H3. The lowest BCUT2D eigenvalue weighted by Gasteiger charge is -2.38. The Hall–Kier alpha value is -1.93. The first kappa shape index (κ1) is 16.5. The van der Waals surface area contributed by atoms with Crippen LogP contribution in [0.1, 0.15) is 43.4 Å². The maximum absolute atomic E-state index is 6.53. The Labute approximate surface area is 154 Å². The minimum atomic E-state index is 0.199. The van der Waals surface area contributed by atoms with Gasteiger partial charge in [0.05, 0.1) is 18.3 Å². The van der Waals surface area contributed by atoms with Gasteiger partial charge in [-0.15, -0.1) is 0 Å². The van der Waals surface area contributed by atoms with E-state index in [0.717, 1.165) is 29.5 Å². The molecule has 0 saturated carbocycles. The van der Waals surface area contributed by atoms with Crippen molar-refractivity contribution in [1.82, 2.24) is 0 Å². The van der Waals surface area contributed by atoms with Gasteiger partial charge in [0.2, 0.25) is 0 Å². The highest BCUT2D eigenvalue weighted by atomic mass is 35.5. The first-order valence-electron chi connectivity index (χ1n) is 9.08. The molecule has 2 aromatic carbocycles. The van der Waals surface area contributed by atoms with E-state index < -0.39 is 0 Å². The summed E-state index contributed by atoms with van der Waals surface area (Å²) in [4.78, 5) is 0. The zero-order valence-corrected chi connectivity index (χ0v) is 15.5. The molecule has 1 N–H and O–H groups in total. The molecule has 0 radical (unpaired) electrons. The Balaban J connectivity index is 1.75. The average Bonchev–Trinajstić information content (AvgIpc) is 3.10. The fraction of sp³-hybridized carbons (Fsp3) is 0.364. The van der Waals surface area contributed by atoms with Crippen LogP contribution in [0.2, 0.25) is 5.02 Å². The minimum absolute atomic E-state index is 0.199. The van der Waals surface area contributed by atoms with Crippen molar-refractivity contribution in [3.8, 4) is 5.75 Å². The van der Waals surface area contributed by atoms with E-state index in [1.54, 1.807) is 0 Å². The smallest absolute Gasteiger partial charge is 0.142 e. The van der Waals surface area contributed by atoms with Crippen LogP contribution in [-0.4, -0.2) is 6.61 Å². The lowest BCUT2D eigenvalue weighted by molar-refractivity contribution is 0.270. The van der Waals surface area contributed by atoms with Gasteiger partial charge in [0.1, 0.15) is 5.75 Å². The summed E-state index contributed by atoms with van der Waals surface area (Å²) in [5.74, 6) is 2.35. The molecule has 3 unspecified atom stereocenters. The Morgan fingerprint density at radius 1 is 1.12 bits per heavy atom. The van der Waals surface area contributed by atoms with Crippen LogP contribution in [0.25, 0.3) is 0 Å². The van der Waals surface area contributed by atoms with Crippen molar-refractivity contribution >= 4 is 17.3 Å². The summed E-state index contributed by atoms with van der Waals surface area (Å²) in [6, 6.07) is 14.8. The van der Waals surface area contributed by atoms with Crippen LogP contribution in [0.15, 0.2) is 54.6 Å². The van der Waals surface area contributed by atoms with Crippen LogP contribution in [0.4, 0.5) is 5.69 Å². The third-order valence-corrected chi connectivity index (χ3v) is 5.52. The Bertz CT molecular complexity index is 798. The number of benzene rings is 2. The molecule has 3 atom stereocenters. The third-order valence-electron chi connectivity index (χ3n) is 5.17. The minimum Gasteiger partial charge on any atom is -0.491 e. The molecule has 0 fully saturated rings. The number of halogens is 1. The maximum atomic E-state index is 6.53. The van der Waals surface area contributed by atoms with E-state index in [2.05, 4.69) is 61.6 Å². The molecule has 0 saturated heterocycles. The topological polar surface area (TPSA) is 21.3 Å². The Morgan fingerprint density at radius 2 is 1.92 bits per heavy atom. The van der Waals surface area contributed by atoms with Crippen LogP contribution in [0.5, 0.6) is 5.75 Å². The van der Waals surface area contributed by atoms with Gasteiger partial charge in [-0.1, -0.05) is 67.9 Å². The first-order valence-corrected chi connectivity index (χ1v) is 9.46. The molecule has 1 aliphatic heterocycles. The van der Waals surface area contributed by atoms with Crippen molar-refractivity contribution in [2.75, 3.05) is 11.9 Å². The molecule has 0 bridgehead atoms. The Kier molecular flexibility index (Phi) is 4.47. The number of hydrogen-bond acceptors (Lipinski definition) is 2. The Morgan fingerprint density at radius 3 is 2.72 bits per heavy atom. The molecule has 0 spiro atoms. The maximum Gasteiger partial charge on any atom is 0.142 e. The SMILES string of the molecule is CC(C)COc1cccc2c1NC(c1ccccc1Cl)C1CC=CC21. The van der Waals surface area contributed by atoms with Crippen molar-refractivity contribution in [2.24, 2.45) is 11.8 Å². The van der Waals surface area contributed by atoms with Gasteiger partial charge in [-0.05, 0) is 41.5 Å². The second-order valence-electron chi connectivity index (χ2n) is 7.42. The molecule has 2 nitrogen and oxygen atoms in total. The van der Waals surface area contributed by atoms with Gasteiger partial charge >= 0.3 is 0 Å². The van der Waals surface area contributed by atoms with Crippen LogP contribution in [0, 0.1) is 11.8 Å². The van der Waals surface area contributed by atoms with Crippen molar-refractivity contribution in [3.05, 3.63) is 70.8 Å². The van der Waals surface area contributed by atoms with Crippen LogP contribution >= 0.6 is 11.6 Å². The normalized spacial score (nSPS) is 23.9. The molecule has 130 valence electrons. The lowest BCUT2D eigenvalue weighted by atomic mass is 9.77. The molecule has 4 rings (SSSR count). The molecule has 2 aromatic rings. The van der Waals surface area contributed by atoms with E-state index in [-0.39, 0.29) is 6.04 Å². The number of allylic oxidation sites excluding steroid dienone is 2. The molecule has 0 amide bonds. The van der Waals surface area contributed by atoms with Gasteiger partial charge in [-0.25, -0.2) is 0 Å². The molecule has 2 aliphatic rings. The largest absolute Gasteiger partial charge is 0.491 e. The lowest BCUT2D eigenvalue weighted by Crippen LogP contribution is -2.29. The van der Waals surface area contributed by atoms with E-state index >= 15 is 0 Å². The van der Waals surface area contributed by atoms with E-state index in [9.17, 15) is 0 Å². The fourth-order valence-corrected chi connectivity index (χ4v) is 4.26. The van der Waals surface area contributed by atoms with Crippen molar-refractivity contribution in [1.29, 1.82) is 0 Å². The van der Waals surface area contributed by atoms with E-state index in [0.29, 0.717) is 17.8 Å². The monoisotopic (exact) mass is 353 g/mol. The van der Waals surface area contributed by atoms with Gasteiger partial charge in [-0.3, -0.25) is 0 Å². The van der Waals surface area contributed by atoms with E-state index in [4.69, 9.17) is 16.3 Å². The summed E-state index contributed by atoms with van der Waals surface area (Å²) in [5.41, 5.74) is 3.64. The fourth-order valence-electron chi connectivity index (χ4n) is 4.00. The van der Waals surface area contributed by atoms with Gasteiger partial charge in [0, 0.05) is 10.9 Å². The highest BCUT2D eigenvalue weighted by Gasteiger charge is 2.39. The zero-order chi connectivity index (χ0) is 17.4. The van der Waals surface area contributed by atoms with E-state index in [1.165, 1.54) is 11.1 Å². The summed E-state index contributed by atoms with van der Waals surface area (Å²) in [6.07, 6.45) is 5.72. The number of hydrogen-bond donors (Lipinski definition) is 1. The number of nitrogens with one attached hydrogen (secondary N) is 1. The van der Waals surface area contributed by atoms with Gasteiger partial charge in [0.15, 0.2) is 0 Å². The number of para-hydroxylation sites is 1. The third kappa shape index (κ3) is 3.04. The summed E-state index contributed by atoms with van der Waals surface area (Å²) < 4.78 is 6.11. The molecule has 1 heterocycles. The first-order chi connectivity index (χ1) is 12.1. The molecule has 1 aliphatic carbocycles. The van der Waals surface area contributed by atoms with Crippen LogP contribution in [-0.2, 0) is 0 Å². The molecular formula is C22H24ClNO. The number of ether oxygens (including phenoxy) is 1. The second kappa shape index (κ2) is 6.76. The highest BCUT2D eigenvalue weighted by Crippen LogP contribution is 2.52.